The van der Waals surface area contributed by atoms with Gasteiger partial charge in [-0.25, -0.2) is 0 Å². The Balaban J connectivity index is 1.37. The molecule has 2 aromatic carbocycles. The smallest absolute Gasteiger partial charge is 0.306 e. The van der Waals surface area contributed by atoms with Gasteiger partial charge in [-0.3, -0.25) is 19.2 Å². The first-order valence-electron chi connectivity index (χ1n) is 32.3. The highest BCUT2D eigenvalue weighted by Crippen LogP contribution is 2.17. The van der Waals surface area contributed by atoms with Gasteiger partial charge in [-0.05, 0) is 74.3 Å². The van der Waals surface area contributed by atoms with E-state index in [1.807, 2.05) is 60.7 Å². The van der Waals surface area contributed by atoms with Crippen LogP contribution in [0.3, 0.4) is 0 Å². The summed E-state index contributed by atoms with van der Waals surface area (Å²) in [6.07, 6.45) is 37.6. The molecular weight excluding hydrogens is 1030 g/mol. The van der Waals surface area contributed by atoms with Crippen molar-refractivity contribution >= 4 is 23.9 Å². The molecule has 0 aliphatic rings. The van der Waals surface area contributed by atoms with Gasteiger partial charge in [0.2, 0.25) is 0 Å². The topological polar surface area (TPSA) is 142 Å². The van der Waals surface area contributed by atoms with Crippen LogP contribution >= 0.6 is 0 Å². The van der Waals surface area contributed by atoms with E-state index in [4.69, 9.17) is 37.9 Å². The molecule has 2 aromatic rings. The van der Waals surface area contributed by atoms with Gasteiger partial charge in [-0.15, -0.1) is 0 Å². The first-order chi connectivity index (χ1) is 40.4. The van der Waals surface area contributed by atoms with E-state index in [-0.39, 0.29) is 50.3 Å². The number of carbonyl (C=O) groups is 4. The molecule has 0 radical (unpaired) electrons. The minimum Gasteiger partial charge on any atom is -0.462 e. The van der Waals surface area contributed by atoms with Crippen molar-refractivity contribution in [2.75, 3.05) is 53.9 Å². The third kappa shape index (κ3) is 48.8. The molecule has 2 atom stereocenters. The first-order valence-corrected chi connectivity index (χ1v) is 32.3. The lowest BCUT2D eigenvalue weighted by molar-refractivity contribution is -0.163. The van der Waals surface area contributed by atoms with Crippen LogP contribution < -0.4 is 0 Å². The first kappa shape index (κ1) is 73.4. The zero-order chi connectivity index (χ0) is 58.7. The molecule has 0 amide bonds. The number of hydrogen-bond acceptors (Lipinski definition) is 12. The fourth-order valence-corrected chi connectivity index (χ4v) is 9.46. The molecule has 0 saturated carbocycles. The van der Waals surface area contributed by atoms with Gasteiger partial charge in [0.05, 0.1) is 26.4 Å². The maximum Gasteiger partial charge on any atom is 0.306 e. The minimum atomic E-state index is -0.624. The second-order valence-electron chi connectivity index (χ2n) is 22.0. The van der Waals surface area contributed by atoms with Crippen LogP contribution in [0.2, 0.25) is 0 Å². The van der Waals surface area contributed by atoms with Crippen LogP contribution in [0.4, 0.5) is 0 Å². The van der Waals surface area contributed by atoms with Crippen molar-refractivity contribution in [1.82, 2.24) is 0 Å². The predicted octanol–water partition coefficient (Wildman–Crippen LogP) is 16.5. The number of ether oxygens (including phenoxy) is 8. The van der Waals surface area contributed by atoms with Crippen molar-refractivity contribution in [2.45, 2.75) is 269 Å². The van der Waals surface area contributed by atoms with Crippen molar-refractivity contribution in [1.29, 1.82) is 0 Å². The van der Waals surface area contributed by atoms with E-state index >= 15 is 0 Å². The number of unbranched alkanes of at least 4 members (excludes halogenated alkanes) is 30. The van der Waals surface area contributed by atoms with Crippen molar-refractivity contribution in [3.63, 3.8) is 0 Å². The minimum absolute atomic E-state index is 0.0113. The van der Waals surface area contributed by atoms with Crippen LogP contribution in [-0.4, -0.2) is 89.9 Å². The summed E-state index contributed by atoms with van der Waals surface area (Å²) in [7, 11) is 3.43. The summed E-state index contributed by atoms with van der Waals surface area (Å²) in [6, 6.07) is 19.7. The molecular formula is C70H110O12. The van der Waals surface area contributed by atoms with E-state index < -0.39 is 12.2 Å². The fraction of sp³-hybridized carbons (Fsp3) is 0.714. The van der Waals surface area contributed by atoms with Gasteiger partial charge < -0.3 is 37.9 Å². The van der Waals surface area contributed by atoms with Crippen LogP contribution in [0.5, 0.6) is 0 Å². The molecule has 0 N–H and O–H groups in total. The Labute approximate surface area is 497 Å². The summed E-state index contributed by atoms with van der Waals surface area (Å²) in [5.41, 5.74) is 2.07. The highest BCUT2D eigenvalue weighted by atomic mass is 16.6. The highest BCUT2D eigenvalue weighted by molar-refractivity contribution is 5.71. The van der Waals surface area contributed by atoms with Gasteiger partial charge >= 0.3 is 23.9 Å². The summed E-state index contributed by atoms with van der Waals surface area (Å²) in [5.74, 6) is 11.5. The van der Waals surface area contributed by atoms with E-state index in [1.165, 1.54) is 89.9 Å². The fourth-order valence-electron chi connectivity index (χ4n) is 9.46. The highest BCUT2D eigenvalue weighted by Gasteiger charge is 2.19. The molecule has 0 unspecified atom stereocenters. The Hall–Kier alpha value is -4.72. The Morgan fingerprint density at radius 1 is 0.341 bits per heavy atom. The van der Waals surface area contributed by atoms with Crippen molar-refractivity contribution in [3.8, 4) is 23.7 Å². The van der Waals surface area contributed by atoms with Gasteiger partial charge in [0.1, 0.15) is 13.2 Å². The van der Waals surface area contributed by atoms with Crippen LogP contribution in [-0.2, 0) is 70.3 Å². The number of methoxy groups -OCH3 is 2. The maximum absolute atomic E-state index is 12.6. The molecule has 12 heteroatoms. The summed E-state index contributed by atoms with van der Waals surface area (Å²) in [4.78, 5) is 50.3. The zero-order valence-electron chi connectivity index (χ0n) is 51.4. The van der Waals surface area contributed by atoms with Crippen LogP contribution in [0.25, 0.3) is 0 Å². The molecule has 2 rings (SSSR count). The zero-order valence-corrected chi connectivity index (χ0v) is 51.4. The third-order valence-electron chi connectivity index (χ3n) is 14.4. The quantitative estimate of drug-likeness (QED) is 0.0269. The average Bonchev–Trinajstić information content (AvgIpc) is 3.48. The average molecular weight is 1140 g/mol. The molecule has 462 valence electrons. The SMILES string of the molecule is COCCCCCCCC(=O)O[C@@H](COCc1ccccc1)COC(=O)CCCCCCCCCCCCCC#CC#CCCCCCCCCCCCCCC(=O)OC[C@H](COCc1ccccc1)OC(=O)CCCCCCCOC. The monoisotopic (exact) mass is 1140 g/mol. The van der Waals surface area contributed by atoms with Gasteiger partial charge in [0.15, 0.2) is 12.2 Å². The Kier molecular flexibility index (Phi) is 50.8. The normalized spacial score (nSPS) is 11.7. The number of benzene rings is 2. The lowest BCUT2D eigenvalue weighted by atomic mass is 10.0. The van der Waals surface area contributed by atoms with E-state index in [0.717, 1.165) is 153 Å². The molecule has 0 aromatic heterocycles. The van der Waals surface area contributed by atoms with Gasteiger partial charge in [0.25, 0.3) is 0 Å². The lowest BCUT2D eigenvalue weighted by Gasteiger charge is -2.18. The Morgan fingerprint density at radius 2 is 0.622 bits per heavy atom. The molecule has 0 spiro atoms. The molecule has 0 saturated heterocycles. The van der Waals surface area contributed by atoms with Gasteiger partial charge in [0, 0.05) is 66.0 Å². The predicted molar refractivity (Wildman–Crippen MR) is 329 cm³/mol. The molecule has 0 fully saturated rings. The number of carbonyl (C=O) groups excluding carboxylic acids is 4. The van der Waals surface area contributed by atoms with Crippen molar-refractivity contribution in [2.24, 2.45) is 0 Å². The van der Waals surface area contributed by atoms with Gasteiger partial charge in [-0.2, -0.15) is 0 Å². The van der Waals surface area contributed by atoms with Crippen LogP contribution in [0, 0.1) is 23.7 Å². The molecule has 0 bridgehead atoms. The van der Waals surface area contributed by atoms with E-state index in [2.05, 4.69) is 23.7 Å². The van der Waals surface area contributed by atoms with Crippen molar-refractivity contribution in [3.05, 3.63) is 71.8 Å². The Morgan fingerprint density at radius 3 is 0.939 bits per heavy atom. The van der Waals surface area contributed by atoms with E-state index in [1.54, 1.807) is 14.2 Å². The van der Waals surface area contributed by atoms with Crippen molar-refractivity contribution < 1.29 is 57.1 Å². The molecule has 0 heterocycles. The lowest BCUT2D eigenvalue weighted by Crippen LogP contribution is -2.29. The molecule has 0 aliphatic heterocycles. The molecule has 82 heavy (non-hydrogen) atoms. The van der Waals surface area contributed by atoms with Crippen LogP contribution in [0.1, 0.15) is 255 Å². The summed E-state index contributed by atoms with van der Waals surface area (Å²) < 4.78 is 44.4. The number of hydrogen-bond donors (Lipinski definition) is 0. The number of rotatable bonds is 56. The summed E-state index contributed by atoms with van der Waals surface area (Å²) in [6.45, 7) is 2.71. The molecule has 12 nitrogen and oxygen atoms in total. The second kappa shape index (κ2) is 56.7. The second-order valence-corrected chi connectivity index (χ2v) is 22.0. The largest absolute Gasteiger partial charge is 0.462 e. The maximum atomic E-state index is 12.6. The third-order valence-corrected chi connectivity index (χ3v) is 14.4. The standard InChI is InChI=1S/C70H110O12/c1-75-55-45-33-27-31-43-53-69(73)81-65(59-77-57-63-47-37-35-38-48-63)61-79-67(71)51-41-29-25-23-21-19-17-15-13-11-9-7-5-3-4-6-8-10-12-14-16-18-20-22-24-26-30-42-52-68(72)80-62-66(60-78-58-64-49-39-36-40-50-64)82-70(74)54-44-32-28-34-46-56-76-2/h35-40,47-50,65-66H,7-34,41-46,51-62H2,1-2H3/t65-,66-/m0/s1. The van der Waals surface area contributed by atoms with Crippen LogP contribution in [0.15, 0.2) is 60.7 Å². The van der Waals surface area contributed by atoms with Gasteiger partial charge in [-0.1, -0.05) is 227 Å². The summed E-state index contributed by atoms with van der Waals surface area (Å²) in [5, 5.41) is 0. The van der Waals surface area contributed by atoms with E-state index in [9.17, 15) is 19.2 Å². The number of esters is 4. The Bertz CT molecular complexity index is 1800. The summed E-state index contributed by atoms with van der Waals surface area (Å²) >= 11 is 0. The van der Waals surface area contributed by atoms with E-state index in [0.29, 0.717) is 38.9 Å². The molecule has 0 aliphatic carbocycles.